The largest absolute Gasteiger partial charge is 0.497 e. The number of amides is 1. The van der Waals surface area contributed by atoms with E-state index < -0.39 is 18.0 Å². The second kappa shape index (κ2) is 11.2. The molecule has 0 radical (unpaired) electrons. The van der Waals surface area contributed by atoms with Crippen LogP contribution < -0.4 is 4.74 Å². The number of fused-ring (bicyclic) bond motifs is 1. The van der Waals surface area contributed by atoms with Gasteiger partial charge in [-0.15, -0.1) is 5.10 Å². The molecule has 2 aromatic carbocycles. The Kier molecular flexibility index (Phi) is 7.36. The first-order chi connectivity index (χ1) is 18.1. The van der Waals surface area contributed by atoms with Crippen LogP contribution in [-0.2, 0) is 37.0 Å². The highest BCUT2D eigenvalue weighted by Crippen LogP contribution is 2.33. The van der Waals surface area contributed by atoms with Crippen LogP contribution in [0, 0.1) is 0 Å². The molecule has 0 bridgehead atoms. The number of esters is 1. The smallest absolute Gasteiger partial charge is 0.402 e. The van der Waals surface area contributed by atoms with E-state index in [9.17, 15) is 9.59 Å². The lowest BCUT2D eigenvalue weighted by atomic mass is 10.1. The van der Waals surface area contributed by atoms with Crippen LogP contribution in [-0.4, -0.2) is 66.2 Å². The molecule has 37 heavy (non-hydrogen) atoms. The van der Waals surface area contributed by atoms with Gasteiger partial charge in [-0.3, -0.25) is 4.79 Å². The molecule has 0 aliphatic carbocycles. The SMILES string of the molecule is COc1ccc(CN2C(=O)C(=O)OC3=CC=C(N4COC=N4)N(CCCOCc4ccccc4)C32)cc1. The molecule has 1 unspecified atom stereocenters. The first-order valence-corrected chi connectivity index (χ1v) is 12.0. The van der Waals surface area contributed by atoms with Gasteiger partial charge in [0, 0.05) is 19.7 Å². The number of carbonyl (C=O) groups excluding carboxylic acids is 2. The molecule has 3 aliphatic rings. The van der Waals surface area contributed by atoms with Crippen LogP contribution in [0.15, 0.2) is 83.4 Å². The predicted octanol–water partition coefficient (Wildman–Crippen LogP) is 2.79. The second-order valence-electron chi connectivity index (χ2n) is 8.64. The molecule has 10 nitrogen and oxygen atoms in total. The van der Waals surface area contributed by atoms with E-state index in [0.717, 1.165) is 16.9 Å². The van der Waals surface area contributed by atoms with Gasteiger partial charge >= 0.3 is 11.9 Å². The van der Waals surface area contributed by atoms with Crippen molar-refractivity contribution in [3.05, 3.63) is 89.5 Å². The number of ether oxygens (including phenoxy) is 4. The van der Waals surface area contributed by atoms with Crippen molar-refractivity contribution in [2.75, 3.05) is 27.0 Å². The summed E-state index contributed by atoms with van der Waals surface area (Å²) >= 11 is 0. The molecular weight excluding hydrogens is 476 g/mol. The van der Waals surface area contributed by atoms with Crippen molar-refractivity contribution in [3.63, 3.8) is 0 Å². The lowest BCUT2D eigenvalue weighted by Crippen LogP contribution is -2.59. The van der Waals surface area contributed by atoms with Crippen LogP contribution in [0.25, 0.3) is 0 Å². The number of allylic oxidation sites excluding steroid dienone is 2. The molecule has 0 N–H and O–H groups in total. The fourth-order valence-electron chi connectivity index (χ4n) is 4.42. The summed E-state index contributed by atoms with van der Waals surface area (Å²) in [7, 11) is 1.60. The number of carbonyl (C=O) groups is 2. The Morgan fingerprint density at radius 3 is 2.54 bits per heavy atom. The molecule has 10 heteroatoms. The molecule has 5 rings (SSSR count). The van der Waals surface area contributed by atoms with Gasteiger partial charge in [-0.05, 0) is 41.8 Å². The summed E-state index contributed by atoms with van der Waals surface area (Å²) in [5.41, 5.74) is 1.96. The number of hydrogen-bond acceptors (Lipinski definition) is 9. The van der Waals surface area contributed by atoms with Gasteiger partial charge in [-0.2, -0.15) is 0 Å². The van der Waals surface area contributed by atoms with E-state index in [2.05, 4.69) is 5.10 Å². The standard InChI is InChI=1S/C27H28N4O6/c1-34-22-10-8-20(9-11-22)16-30-25-23(37-27(33)26(30)32)12-13-24(31-19-36-18-28-31)29(25)14-5-15-35-17-21-6-3-2-4-7-21/h2-4,6-13,18,25H,5,14-17,19H2,1H3. The first kappa shape index (κ1) is 24.4. The predicted molar refractivity (Wildman–Crippen MR) is 133 cm³/mol. The highest BCUT2D eigenvalue weighted by Gasteiger charge is 2.45. The van der Waals surface area contributed by atoms with Gasteiger partial charge in [0.1, 0.15) is 11.6 Å². The minimum absolute atomic E-state index is 0.216. The van der Waals surface area contributed by atoms with Crippen molar-refractivity contribution < 1.29 is 28.5 Å². The van der Waals surface area contributed by atoms with Crippen molar-refractivity contribution in [3.8, 4) is 5.75 Å². The Balaban J connectivity index is 1.35. The van der Waals surface area contributed by atoms with E-state index in [0.29, 0.717) is 37.7 Å². The van der Waals surface area contributed by atoms with Gasteiger partial charge in [0.15, 0.2) is 25.1 Å². The minimum Gasteiger partial charge on any atom is -0.497 e. The molecule has 192 valence electrons. The third kappa shape index (κ3) is 5.44. The van der Waals surface area contributed by atoms with Gasteiger partial charge in [0.25, 0.3) is 0 Å². The topological polar surface area (TPSA) is 93.1 Å². The Hall–Kier alpha value is -4.31. The summed E-state index contributed by atoms with van der Waals surface area (Å²) in [4.78, 5) is 29.0. The maximum Gasteiger partial charge on any atom is 0.402 e. The number of methoxy groups -OCH3 is 1. The number of morpholine rings is 1. The molecule has 1 saturated heterocycles. The van der Waals surface area contributed by atoms with Crippen LogP contribution in [0.3, 0.4) is 0 Å². The average molecular weight is 505 g/mol. The summed E-state index contributed by atoms with van der Waals surface area (Å²) in [5.74, 6) is 0.222. The fourth-order valence-corrected chi connectivity index (χ4v) is 4.42. The third-order valence-electron chi connectivity index (χ3n) is 6.22. The molecule has 0 aromatic heterocycles. The van der Waals surface area contributed by atoms with Gasteiger partial charge in [-0.25, -0.2) is 9.80 Å². The highest BCUT2D eigenvalue weighted by atomic mass is 16.6. The van der Waals surface area contributed by atoms with Crippen LogP contribution >= 0.6 is 0 Å². The summed E-state index contributed by atoms with van der Waals surface area (Å²) in [5, 5.41) is 5.98. The minimum atomic E-state index is -0.901. The van der Waals surface area contributed by atoms with E-state index in [-0.39, 0.29) is 13.3 Å². The van der Waals surface area contributed by atoms with Crippen molar-refractivity contribution in [2.24, 2.45) is 5.10 Å². The van der Waals surface area contributed by atoms with E-state index in [4.69, 9.17) is 18.9 Å². The van der Waals surface area contributed by atoms with Crippen LogP contribution in [0.5, 0.6) is 5.75 Å². The van der Waals surface area contributed by atoms with E-state index in [1.54, 1.807) is 18.2 Å². The van der Waals surface area contributed by atoms with Crippen LogP contribution in [0.1, 0.15) is 17.5 Å². The summed E-state index contributed by atoms with van der Waals surface area (Å²) in [6, 6.07) is 17.4. The zero-order valence-corrected chi connectivity index (χ0v) is 20.5. The Labute approximate surface area is 214 Å². The average Bonchev–Trinajstić information content (AvgIpc) is 3.47. The molecule has 0 saturated carbocycles. The molecule has 0 spiro atoms. The zero-order valence-electron chi connectivity index (χ0n) is 20.5. The number of rotatable bonds is 10. The summed E-state index contributed by atoms with van der Waals surface area (Å²) in [6.45, 7) is 2.01. The Morgan fingerprint density at radius 1 is 1.00 bits per heavy atom. The number of hydrogen-bond donors (Lipinski definition) is 0. The fraction of sp³-hybridized carbons (Fsp3) is 0.296. The highest BCUT2D eigenvalue weighted by molar-refractivity contribution is 6.33. The molecular formula is C27H28N4O6. The van der Waals surface area contributed by atoms with Crippen molar-refractivity contribution in [1.82, 2.24) is 14.8 Å². The Morgan fingerprint density at radius 2 is 1.81 bits per heavy atom. The van der Waals surface area contributed by atoms with Crippen molar-refractivity contribution in [1.29, 1.82) is 0 Å². The van der Waals surface area contributed by atoms with E-state index in [1.165, 1.54) is 11.3 Å². The Bertz CT molecular complexity index is 1210. The third-order valence-corrected chi connectivity index (χ3v) is 6.22. The number of nitrogens with zero attached hydrogens (tertiary/aromatic N) is 4. The maximum atomic E-state index is 13.1. The van der Waals surface area contributed by atoms with Crippen LogP contribution in [0.4, 0.5) is 0 Å². The zero-order chi connectivity index (χ0) is 25.6. The molecule has 1 fully saturated rings. The lowest BCUT2D eigenvalue weighted by Gasteiger charge is -2.46. The first-order valence-electron chi connectivity index (χ1n) is 12.0. The van der Waals surface area contributed by atoms with Gasteiger partial charge in [0.2, 0.25) is 0 Å². The quantitative estimate of drug-likeness (QED) is 0.277. The molecule has 3 heterocycles. The molecule has 3 aliphatic heterocycles. The maximum absolute atomic E-state index is 13.1. The van der Waals surface area contributed by atoms with Gasteiger partial charge in [0.05, 0.1) is 13.7 Å². The van der Waals surface area contributed by atoms with E-state index >= 15 is 0 Å². The lowest BCUT2D eigenvalue weighted by molar-refractivity contribution is -0.170. The number of hydrazone groups is 1. The van der Waals surface area contributed by atoms with Gasteiger partial charge < -0.3 is 28.7 Å². The molecule has 1 atom stereocenters. The normalized spacial score (nSPS) is 18.7. The van der Waals surface area contributed by atoms with Crippen molar-refractivity contribution >= 4 is 18.3 Å². The summed E-state index contributed by atoms with van der Waals surface area (Å²) < 4.78 is 21.9. The van der Waals surface area contributed by atoms with E-state index in [1.807, 2.05) is 65.6 Å². The number of benzene rings is 2. The molecule has 2 aromatic rings. The van der Waals surface area contributed by atoms with Crippen molar-refractivity contribution in [2.45, 2.75) is 25.7 Å². The van der Waals surface area contributed by atoms with Gasteiger partial charge in [-0.1, -0.05) is 42.5 Å². The monoisotopic (exact) mass is 504 g/mol. The molecule has 1 amide bonds. The second-order valence-corrected chi connectivity index (χ2v) is 8.64. The van der Waals surface area contributed by atoms with Crippen LogP contribution in [0.2, 0.25) is 0 Å². The summed E-state index contributed by atoms with van der Waals surface area (Å²) in [6.07, 6.45) is 4.95.